The summed E-state index contributed by atoms with van der Waals surface area (Å²) in [4.78, 5) is 27.3. The lowest BCUT2D eigenvalue weighted by atomic mass is 10.1. The zero-order valence-electron chi connectivity index (χ0n) is 17.6. The minimum Gasteiger partial charge on any atom is -0.481 e. The van der Waals surface area contributed by atoms with Crippen molar-refractivity contribution in [3.63, 3.8) is 0 Å². The van der Waals surface area contributed by atoms with Gasteiger partial charge in [0.1, 0.15) is 27.2 Å². The Kier molecular flexibility index (Phi) is 7.94. The molecule has 0 radical (unpaired) electrons. The number of nitrogens with zero attached hydrogens (tertiary/aromatic N) is 2. The summed E-state index contributed by atoms with van der Waals surface area (Å²) < 4.78 is 84.0. The topological polar surface area (TPSA) is 83.6 Å². The molecule has 1 aliphatic heterocycles. The molecule has 6 nitrogen and oxygen atoms in total. The van der Waals surface area contributed by atoms with Crippen molar-refractivity contribution in [1.82, 2.24) is 9.88 Å². The monoisotopic (exact) mass is 538 g/mol. The van der Waals surface area contributed by atoms with Crippen molar-refractivity contribution in [2.75, 3.05) is 6.54 Å². The van der Waals surface area contributed by atoms with Gasteiger partial charge in [-0.25, -0.2) is 4.98 Å². The number of aromatic nitrogens is 1. The smallest absolute Gasteiger partial charge is 0.433 e. The summed E-state index contributed by atoms with van der Waals surface area (Å²) in [5, 5.41) is 8.65. The molecule has 0 unspecified atom stereocenters. The van der Waals surface area contributed by atoms with Crippen LogP contribution in [0.2, 0.25) is 0 Å². The Morgan fingerprint density at radius 3 is 2.29 bits per heavy atom. The molecule has 1 fully saturated rings. The fraction of sp³-hybridized carbons (Fsp3) is 0.333. The van der Waals surface area contributed by atoms with E-state index in [9.17, 15) is 35.9 Å². The van der Waals surface area contributed by atoms with Crippen LogP contribution in [-0.2, 0) is 21.9 Å². The van der Waals surface area contributed by atoms with E-state index in [0.717, 1.165) is 11.8 Å². The van der Waals surface area contributed by atoms with Gasteiger partial charge in [-0.1, -0.05) is 30.4 Å². The lowest BCUT2D eigenvalue weighted by Crippen LogP contribution is -2.29. The lowest BCUT2D eigenvalue weighted by molar-refractivity contribution is -0.150. The van der Waals surface area contributed by atoms with Crippen LogP contribution in [0.1, 0.15) is 42.8 Å². The number of hydrogen-bond acceptors (Lipinski definition) is 6. The number of pyridine rings is 1. The molecule has 14 heteroatoms. The van der Waals surface area contributed by atoms with Crippen LogP contribution in [0.5, 0.6) is 0 Å². The van der Waals surface area contributed by atoms with Gasteiger partial charge in [-0.3, -0.25) is 14.5 Å². The molecule has 1 amide bonds. The third kappa shape index (κ3) is 6.84. The van der Waals surface area contributed by atoms with E-state index < -0.39 is 41.2 Å². The van der Waals surface area contributed by atoms with Crippen molar-refractivity contribution in [2.45, 2.75) is 38.0 Å². The normalized spacial score (nSPS) is 15.9. The highest BCUT2D eigenvalue weighted by atomic mass is 32.2. The molecule has 188 valence electrons. The van der Waals surface area contributed by atoms with Crippen molar-refractivity contribution in [2.24, 2.45) is 0 Å². The summed E-state index contributed by atoms with van der Waals surface area (Å²) in [7, 11) is 0. The first kappa shape index (κ1) is 26.7. The van der Waals surface area contributed by atoms with E-state index in [1.165, 1.54) is 23.1 Å². The Labute approximate surface area is 204 Å². The molecule has 0 aliphatic carbocycles. The van der Waals surface area contributed by atoms with Crippen LogP contribution in [0, 0.1) is 0 Å². The molecule has 0 spiro atoms. The number of carboxylic acids is 1. The molecule has 0 saturated carbocycles. The maximum Gasteiger partial charge on any atom is 0.433 e. The molecular weight excluding hydrogens is 522 g/mol. The average molecular weight is 538 g/mol. The van der Waals surface area contributed by atoms with E-state index in [4.69, 9.17) is 21.7 Å². The number of carbonyl (C=O) groups excluding carboxylic acids is 1. The minimum absolute atomic E-state index is 0.0194. The zero-order valence-corrected chi connectivity index (χ0v) is 19.2. The Bertz CT molecular complexity index is 1140. The number of carboxylic acid groups (broad SMARTS) is 1. The molecule has 2 aromatic rings. The van der Waals surface area contributed by atoms with Gasteiger partial charge in [-0.15, -0.1) is 0 Å². The fourth-order valence-electron chi connectivity index (χ4n) is 3.09. The predicted octanol–water partition coefficient (Wildman–Crippen LogP) is 6.23. The van der Waals surface area contributed by atoms with Crippen LogP contribution in [-0.4, -0.2) is 37.7 Å². The number of unbranched alkanes of at least 4 members (excludes halogenated alkanes) is 2. The number of furan rings is 1. The molecule has 3 rings (SSSR count). The van der Waals surface area contributed by atoms with E-state index in [-0.39, 0.29) is 33.7 Å². The number of rotatable bonds is 8. The molecule has 1 aliphatic rings. The lowest BCUT2D eigenvalue weighted by Gasteiger charge is -2.13. The van der Waals surface area contributed by atoms with Gasteiger partial charge in [0.25, 0.3) is 5.91 Å². The van der Waals surface area contributed by atoms with Gasteiger partial charge < -0.3 is 9.52 Å². The molecule has 0 aromatic carbocycles. The van der Waals surface area contributed by atoms with E-state index in [1.807, 2.05) is 0 Å². The van der Waals surface area contributed by atoms with Crippen LogP contribution in [0.25, 0.3) is 17.4 Å². The number of carbonyl (C=O) groups is 2. The zero-order chi connectivity index (χ0) is 26.0. The molecule has 3 heterocycles. The Hall–Kier alpha value is -2.87. The number of thioether (sulfide) groups is 1. The Morgan fingerprint density at radius 2 is 1.71 bits per heavy atom. The van der Waals surface area contributed by atoms with Crippen molar-refractivity contribution >= 4 is 46.3 Å². The van der Waals surface area contributed by atoms with Crippen molar-refractivity contribution in [1.29, 1.82) is 0 Å². The first-order valence-electron chi connectivity index (χ1n) is 9.99. The van der Waals surface area contributed by atoms with E-state index >= 15 is 0 Å². The second-order valence-electron chi connectivity index (χ2n) is 7.36. The largest absolute Gasteiger partial charge is 0.481 e. The van der Waals surface area contributed by atoms with Gasteiger partial charge in [-0.2, -0.15) is 26.3 Å². The van der Waals surface area contributed by atoms with Crippen molar-refractivity contribution in [3.8, 4) is 11.3 Å². The van der Waals surface area contributed by atoms with Gasteiger partial charge in [0.05, 0.1) is 4.91 Å². The molecular formula is C21H16F6N2O4S2. The first-order valence-corrected chi connectivity index (χ1v) is 11.2. The van der Waals surface area contributed by atoms with Gasteiger partial charge in [0.2, 0.25) is 0 Å². The summed E-state index contributed by atoms with van der Waals surface area (Å²) >= 11 is 6.16. The van der Waals surface area contributed by atoms with Gasteiger partial charge in [-0.05, 0) is 37.1 Å². The van der Waals surface area contributed by atoms with E-state index in [2.05, 4.69) is 4.98 Å². The number of amides is 1. The first-order chi connectivity index (χ1) is 16.3. The maximum atomic E-state index is 13.1. The van der Waals surface area contributed by atoms with Gasteiger partial charge in [0, 0.05) is 24.6 Å². The highest BCUT2D eigenvalue weighted by Crippen LogP contribution is 2.38. The number of thiocarbonyl (C=S) groups is 1. The SMILES string of the molecule is O=C(O)CCCCCN1C(=O)C(=Cc2ccc(-c3cc(C(F)(F)F)nc(C(F)(F)F)c3)o2)SC1=S. The predicted molar refractivity (Wildman–Crippen MR) is 118 cm³/mol. The van der Waals surface area contributed by atoms with Gasteiger partial charge in [0.15, 0.2) is 0 Å². The van der Waals surface area contributed by atoms with Crippen molar-refractivity contribution in [3.05, 3.63) is 46.3 Å². The quantitative estimate of drug-likeness (QED) is 0.185. The third-order valence-electron chi connectivity index (χ3n) is 4.74. The molecule has 35 heavy (non-hydrogen) atoms. The van der Waals surface area contributed by atoms with Crippen LogP contribution < -0.4 is 0 Å². The second-order valence-corrected chi connectivity index (χ2v) is 9.04. The summed E-state index contributed by atoms with van der Waals surface area (Å²) in [6.07, 6.45) is -7.33. The van der Waals surface area contributed by atoms with Crippen LogP contribution in [0.3, 0.4) is 0 Å². The molecule has 0 bridgehead atoms. The summed E-state index contributed by atoms with van der Waals surface area (Å²) in [5.74, 6) is -1.59. The Morgan fingerprint density at radius 1 is 1.09 bits per heavy atom. The molecule has 0 atom stereocenters. The number of halogens is 6. The average Bonchev–Trinajstić information content (AvgIpc) is 3.31. The molecule has 1 saturated heterocycles. The molecule has 1 N–H and O–H groups in total. The summed E-state index contributed by atoms with van der Waals surface area (Å²) in [6, 6.07) is 3.38. The summed E-state index contributed by atoms with van der Waals surface area (Å²) in [6.45, 7) is 0.280. The summed E-state index contributed by atoms with van der Waals surface area (Å²) in [5.41, 5.74) is -3.91. The standard InChI is InChI=1S/C21H16F6N2O4S2/c22-20(23,24)15-8-11(9-16(28-15)21(25,26)27)13-6-5-12(33-13)10-14-18(32)29(19(34)35-14)7-3-1-2-4-17(30)31/h5-6,8-10H,1-4,7H2,(H,30,31). The van der Waals surface area contributed by atoms with Gasteiger partial charge >= 0.3 is 18.3 Å². The van der Waals surface area contributed by atoms with Crippen molar-refractivity contribution < 1.29 is 45.5 Å². The van der Waals surface area contributed by atoms with Crippen LogP contribution >= 0.6 is 24.0 Å². The van der Waals surface area contributed by atoms with Crippen LogP contribution in [0.15, 0.2) is 33.6 Å². The number of aliphatic carboxylic acids is 1. The highest BCUT2D eigenvalue weighted by molar-refractivity contribution is 8.26. The van der Waals surface area contributed by atoms with Crippen LogP contribution in [0.4, 0.5) is 26.3 Å². The maximum absolute atomic E-state index is 13.1. The number of alkyl halides is 6. The Balaban J connectivity index is 1.78. The van der Waals surface area contributed by atoms with E-state index in [0.29, 0.717) is 31.4 Å². The number of hydrogen-bond donors (Lipinski definition) is 1. The fourth-order valence-corrected chi connectivity index (χ4v) is 4.38. The molecule has 2 aromatic heterocycles. The highest BCUT2D eigenvalue weighted by Gasteiger charge is 2.39. The third-order valence-corrected chi connectivity index (χ3v) is 6.11. The minimum atomic E-state index is -5.10. The second kappa shape index (κ2) is 10.4. The van der Waals surface area contributed by atoms with E-state index in [1.54, 1.807) is 0 Å².